The van der Waals surface area contributed by atoms with Gasteiger partial charge in [0.05, 0.1) is 39.9 Å². The summed E-state index contributed by atoms with van der Waals surface area (Å²) in [7, 11) is 6.28. The Balaban J connectivity index is 2.26. The average Bonchev–Trinajstić information content (AvgIpc) is 2.90. The third-order valence-electron chi connectivity index (χ3n) is 6.77. The van der Waals surface area contributed by atoms with Crippen LogP contribution in [0.5, 0.6) is 23.0 Å². The topological polar surface area (TPSA) is 64.0 Å². The maximum atomic E-state index is 10.4. The van der Waals surface area contributed by atoms with E-state index in [1.54, 1.807) is 21.3 Å². The number of likely N-dealkylation sites (N-methyl/N-ethyl adjacent to an activating group) is 1. The first-order chi connectivity index (χ1) is 18.0. The fourth-order valence-corrected chi connectivity index (χ4v) is 4.52. The molecule has 2 aromatic carbocycles. The van der Waals surface area contributed by atoms with E-state index in [0.717, 1.165) is 28.9 Å². The molecule has 0 saturated heterocycles. The molecule has 0 aliphatic carbocycles. The Labute approximate surface area is 216 Å². The highest BCUT2D eigenvalue weighted by Gasteiger charge is 2.37. The molecule has 192 valence electrons. The molecular weight excluding hydrogens is 440 g/mol. The number of rotatable bonds is 14. The minimum absolute atomic E-state index is 0.0407. The second-order valence-electron chi connectivity index (χ2n) is 8.99. The van der Waals surface area contributed by atoms with Gasteiger partial charge in [0.2, 0.25) is 5.75 Å². The van der Waals surface area contributed by atoms with E-state index in [1.807, 2.05) is 44.2 Å². The Morgan fingerprint density at radius 1 is 0.971 bits per heavy atom. The van der Waals surface area contributed by atoms with Crippen LogP contribution >= 0.6 is 0 Å². The lowest BCUT2D eigenvalue weighted by atomic mass is 9.69. The van der Waals surface area contributed by atoms with Gasteiger partial charge in [-0.05, 0) is 80.0 Å². The number of ether oxygens (including phenoxy) is 4. The van der Waals surface area contributed by atoms with Crippen LogP contribution in [0, 0.1) is 17.2 Å². The summed E-state index contributed by atoms with van der Waals surface area (Å²) in [5, 5.41) is 10.4. The monoisotopic (exact) mass is 485 g/mol. The molecule has 0 bridgehead atoms. The van der Waals surface area contributed by atoms with Crippen LogP contribution in [0.3, 0.4) is 0 Å². The Kier molecular flexibility index (Phi) is 9.02. The molecule has 0 aliphatic heterocycles. The van der Waals surface area contributed by atoms with Crippen LogP contribution in [0.4, 0.5) is 0 Å². The maximum absolute atomic E-state index is 10.4. The fraction of sp³-hybridized carbons (Fsp3) is 0.552. The largest absolute Gasteiger partial charge is 0.496 e. The lowest BCUT2D eigenvalue weighted by Crippen LogP contribution is -2.32. The molecule has 0 radical (unpaired) electrons. The van der Waals surface area contributed by atoms with E-state index < -0.39 is 12.4 Å². The molecule has 0 amide bonds. The number of nitriles is 1. The molecular formula is C29H42N2O4. The van der Waals surface area contributed by atoms with Crippen molar-refractivity contribution in [2.24, 2.45) is 5.92 Å². The zero-order chi connectivity index (χ0) is 28.5. The van der Waals surface area contributed by atoms with Gasteiger partial charge in [0.25, 0.3) is 0 Å². The van der Waals surface area contributed by atoms with Crippen molar-refractivity contribution < 1.29 is 23.1 Å². The lowest BCUT2D eigenvalue weighted by Gasteiger charge is -2.33. The van der Waals surface area contributed by atoms with Gasteiger partial charge in [0, 0.05) is 10.7 Å². The van der Waals surface area contributed by atoms with Crippen molar-refractivity contribution in [2.45, 2.75) is 51.9 Å². The summed E-state index contributed by atoms with van der Waals surface area (Å²) in [5.74, 6) is 2.21. The predicted octanol–water partition coefficient (Wildman–Crippen LogP) is 5.66. The Bertz CT molecular complexity index is 1070. The molecule has 1 atom stereocenters. The van der Waals surface area contributed by atoms with E-state index in [4.69, 9.17) is 23.1 Å². The first kappa shape index (κ1) is 23.8. The minimum Gasteiger partial charge on any atom is -0.496 e. The summed E-state index contributed by atoms with van der Waals surface area (Å²) >= 11 is 0. The Hall–Kier alpha value is -2.91. The summed E-state index contributed by atoms with van der Waals surface area (Å²) < 4.78 is 46.3. The van der Waals surface area contributed by atoms with Crippen LogP contribution in [0.2, 0.25) is 0 Å². The van der Waals surface area contributed by atoms with Gasteiger partial charge in [-0.3, -0.25) is 0 Å². The summed E-state index contributed by atoms with van der Waals surface area (Å²) in [6, 6.07) is 12.2. The third-order valence-corrected chi connectivity index (χ3v) is 6.77. The smallest absolute Gasteiger partial charge is 0.203 e. The van der Waals surface area contributed by atoms with Crippen LogP contribution in [0.1, 0.15) is 54.4 Å². The van der Waals surface area contributed by atoms with E-state index in [1.165, 1.54) is 12.0 Å². The van der Waals surface area contributed by atoms with Crippen LogP contribution < -0.4 is 18.9 Å². The van der Waals surface area contributed by atoms with Gasteiger partial charge in [-0.2, -0.15) is 5.26 Å². The van der Waals surface area contributed by atoms with Crippen molar-refractivity contribution in [3.05, 3.63) is 47.0 Å². The molecule has 0 N–H and O–H groups in total. The predicted molar refractivity (Wildman–Crippen MR) is 141 cm³/mol. The summed E-state index contributed by atoms with van der Waals surface area (Å²) in [4.78, 5) is 1.52. The van der Waals surface area contributed by atoms with Crippen molar-refractivity contribution in [1.29, 1.82) is 5.26 Å². The zero-order valence-corrected chi connectivity index (χ0v) is 22.2. The molecule has 35 heavy (non-hydrogen) atoms. The second kappa shape index (κ2) is 13.3. The fourth-order valence-electron chi connectivity index (χ4n) is 4.52. The SMILES string of the molecule is [2H]C([2H])([2H])N(CCCC(C#N)(c1cc(OC)c(OC)c(OC)c1)C(C)C)CCc1ccc(CC)c(OC)c1. The highest BCUT2D eigenvalue weighted by molar-refractivity contribution is 5.56. The van der Waals surface area contributed by atoms with Gasteiger partial charge in [-0.15, -0.1) is 0 Å². The average molecular weight is 486 g/mol. The van der Waals surface area contributed by atoms with E-state index in [9.17, 15) is 5.26 Å². The normalized spacial score (nSPS) is 14.5. The van der Waals surface area contributed by atoms with Crippen molar-refractivity contribution in [2.75, 3.05) is 48.5 Å². The van der Waals surface area contributed by atoms with Gasteiger partial charge < -0.3 is 23.8 Å². The molecule has 6 heteroatoms. The lowest BCUT2D eigenvalue weighted by molar-refractivity contribution is 0.290. The Morgan fingerprint density at radius 3 is 2.11 bits per heavy atom. The maximum Gasteiger partial charge on any atom is 0.203 e. The van der Waals surface area contributed by atoms with E-state index >= 15 is 0 Å². The summed E-state index contributed by atoms with van der Waals surface area (Å²) in [6.07, 6.45) is 2.46. The highest BCUT2D eigenvalue weighted by Crippen LogP contribution is 2.45. The van der Waals surface area contributed by atoms with Crippen LogP contribution in [0.25, 0.3) is 0 Å². The minimum atomic E-state index is -2.24. The number of hydrogen-bond donors (Lipinski definition) is 0. The molecule has 0 fully saturated rings. The molecule has 0 saturated carbocycles. The summed E-state index contributed by atoms with van der Waals surface area (Å²) in [5.41, 5.74) is 2.04. The number of nitrogens with zero attached hydrogens (tertiary/aromatic N) is 2. The van der Waals surface area contributed by atoms with Crippen LogP contribution in [0.15, 0.2) is 30.3 Å². The number of hydrogen-bond acceptors (Lipinski definition) is 6. The van der Waals surface area contributed by atoms with Gasteiger partial charge >= 0.3 is 0 Å². The van der Waals surface area contributed by atoms with Crippen LogP contribution in [-0.2, 0) is 18.3 Å². The molecule has 2 rings (SSSR count). The first-order valence-corrected chi connectivity index (χ1v) is 12.1. The molecule has 0 aliphatic rings. The molecule has 1 unspecified atom stereocenters. The van der Waals surface area contributed by atoms with Gasteiger partial charge in [0.15, 0.2) is 11.5 Å². The molecule has 6 nitrogen and oxygen atoms in total. The standard InChI is InChI=1S/C29H42N2O4/c1-9-23-12-11-22(17-25(23)32-5)13-16-31(4)15-10-14-29(20-30,21(2)3)24-18-26(33-6)28(35-8)27(19-24)34-7/h11-12,17-19,21H,9-10,13-16H2,1-8H3/i4D3. The van der Waals surface area contributed by atoms with Gasteiger partial charge in [-0.25, -0.2) is 0 Å². The van der Waals surface area contributed by atoms with Crippen molar-refractivity contribution >= 4 is 0 Å². The zero-order valence-electron chi connectivity index (χ0n) is 25.2. The summed E-state index contributed by atoms with van der Waals surface area (Å²) in [6.45, 7) is 4.54. The highest BCUT2D eigenvalue weighted by atomic mass is 16.5. The molecule has 0 spiro atoms. The van der Waals surface area contributed by atoms with Crippen molar-refractivity contribution in [3.8, 4) is 29.1 Å². The molecule has 2 aromatic rings. The first-order valence-electron chi connectivity index (χ1n) is 13.6. The third kappa shape index (κ3) is 6.61. The van der Waals surface area contributed by atoms with Gasteiger partial charge in [0.1, 0.15) is 5.75 Å². The quantitative estimate of drug-likeness (QED) is 0.344. The molecule has 0 aromatic heterocycles. The number of benzene rings is 2. The van der Waals surface area contributed by atoms with E-state index in [0.29, 0.717) is 49.6 Å². The Morgan fingerprint density at radius 2 is 1.63 bits per heavy atom. The van der Waals surface area contributed by atoms with Gasteiger partial charge in [-0.1, -0.05) is 32.9 Å². The number of methoxy groups -OCH3 is 4. The van der Waals surface area contributed by atoms with Crippen molar-refractivity contribution in [1.82, 2.24) is 4.90 Å². The number of aryl methyl sites for hydroxylation is 1. The van der Waals surface area contributed by atoms with E-state index in [-0.39, 0.29) is 5.92 Å². The molecule has 0 heterocycles. The van der Waals surface area contributed by atoms with Crippen molar-refractivity contribution in [3.63, 3.8) is 0 Å². The van der Waals surface area contributed by atoms with E-state index in [2.05, 4.69) is 13.0 Å². The second-order valence-corrected chi connectivity index (χ2v) is 8.99. The van der Waals surface area contributed by atoms with Crippen LogP contribution in [-0.4, -0.2) is 53.4 Å².